The Hall–Kier alpha value is -0.0300. The fourth-order valence-corrected chi connectivity index (χ4v) is 3.10. The Labute approximate surface area is 134 Å². The molecule has 1 unspecified atom stereocenters. The molecule has 0 aromatic heterocycles. The van der Waals surface area contributed by atoms with E-state index in [-0.39, 0.29) is 30.9 Å². The van der Waals surface area contributed by atoms with Gasteiger partial charge in [-0.05, 0) is 38.1 Å². The molecule has 0 spiro atoms. The second kappa shape index (κ2) is 8.42. The van der Waals surface area contributed by atoms with Gasteiger partial charge in [0.15, 0.2) is 0 Å². The van der Waals surface area contributed by atoms with Gasteiger partial charge in [0.1, 0.15) is 0 Å². The molecular formula is C14H27Cl2N3O. The zero-order chi connectivity index (χ0) is 12.4. The minimum absolute atomic E-state index is 0. The van der Waals surface area contributed by atoms with E-state index in [1.807, 2.05) is 0 Å². The molecule has 6 heteroatoms. The molecule has 1 aliphatic carbocycles. The molecule has 20 heavy (non-hydrogen) atoms. The van der Waals surface area contributed by atoms with Crippen molar-refractivity contribution in [1.82, 2.24) is 15.1 Å². The summed E-state index contributed by atoms with van der Waals surface area (Å²) < 4.78 is 0. The summed E-state index contributed by atoms with van der Waals surface area (Å²) in [7, 11) is 0. The smallest absolute Gasteiger partial charge is 0.239 e. The van der Waals surface area contributed by atoms with Gasteiger partial charge in [-0.3, -0.25) is 9.69 Å². The summed E-state index contributed by atoms with van der Waals surface area (Å²) in [5.41, 5.74) is 0. The van der Waals surface area contributed by atoms with Crippen LogP contribution in [-0.2, 0) is 4.79 Å². The average molecular weight is 324 g/mol. The second-order valence-corrected chi connectivity index (χ2v) is 6.07. The standard InChI is InChI=1S/C14H25N3O.2ClH/c18-14(13-3-1-2-6-15-13)17-9-7-16(8-10-17)11-12-4-5-12;;/h12-13,15H,1-11H2;2*1H. The second-order valence-electron chi connectivity index (χ2n) is 6.07. The fraction of sp³-hybridized carbons (Fsp3) is 0.929. The lowest BCUT2D eigenvalue weighted by Crippen LogP contribution is -2.55. The van der Waals surface area contributed by atoms with Crippen molar-refractivity contribution in [3.8, 4) is 0 Å². The number of carbonyl (C=O) groups excluding carboxylic acids is 1. The summed E-state index contributed by atoms with van der Waals surface area (Å²) in [6.45, 7) is 6.30. The van der Waals surface area contributed by atoms with Crippen molar-refractivity contribution < 1.29 is 4.79 Å². The maximum Gasteiger partial charge on any atom is 0.239 e. The lowest BCUT2D eigenvalue weighted by molar-refractivity contribution is -0.135. The van der Waals surface area contributed by atoms with Gasteiger partial charge in [0.05, 0.1) is 6.04 Å². The molecule has 2 aliphatic heterocycles. The lowest BCUT2D eigenvalue weighted by Gasteiger charge is -2.37. The summed E-state index contributed by atoms with van der Waals surface area (Å²) in [6.07, 6.45) is 6.29. The number of hydrogen-bond donors (Lipinski definition) is 1. The first kappa shape index (κ1) is 18.0. The van der Waals surface area contributed by atoms with Gasteiger partial charge in [0, 0.05) is 32.7 Å². The zero-order valence-corrected chi connectivity index (χ0v) is 13.7. The number of rotatable bonds is 3. The van der Waals surface area contributed by atoms with Crippen molar-refractivity contribution in [2.75, 3.05) is 39.3 Å². The summed E-state index contributed by atoms with van der Waals surface area (Å²) >= 11 is 0. The molecule has 1 N–H and O–H groups in total. The highest BCUT2D eigenvalue weighted by atomic mass is 35.5. The van der Waals surface area contributed by atoms with Crippen molar-refractivity contribution in [2.24, 2.45) is 5.92 Å². The van der Waals surface area contributed by atoms with Gasteiger partial charge >= 0.3 is 0 Å². The van der Waals surface area contributed by atoms with E-state index in [0.29, 0.717) is 5.91 Å². The number of amides is 1. The monoisotopic (exact) mass is 323 g/mol. The first-order valence-corrected chi connectivity index (χ1v) is 7.57. The Morgan fingerprint density at radius 3 is 2.25 bits per heavy atom. The predicted molar refractivity (Wildman–Crippen MR) is 85.9 cm³/mol. The molecule has 1 atom stereocenters. The Bertz CT molecular complexity index is 299. The topological polar surface area (TPSA) is 35.6 Å². The van der Waals surface area contributed by atoms with Crippen molar-refractivity contribution in [3.63, 3.8) is 0 Å². The number of hydrogen-bond acceptors (Lipinski definition) is 3. The van der Waals surface area contributed by atoms with Crippen LogP contribution in [-0.4, -0.2) is 61.0 Å². The molecule has 3 aliphatic rings. The Morgan fingerprint density at radius 1 is 1.00 bits per heavy atom. The molecule has 0 aromatic rings. The molecule has 2 saturated heterocycles. The van der Waals surface area contributed by atoms with Gasteiger partial charge < -0.3 is 10.2 Å². The first-order chi connectivity index (χ1) is 8.83. The van der Waals surface area contributed by atoms with Crippen LogP contribution in [0.1, 0.15) is 32.1 Å². The highest BCUT2D eigenvalue weighted by Gasteiger charge is 2.30. The third-order valence-electron chi connectivity index (χ3n) is 4.51. The SMILES string of the molecule is Cl.Cl.O=C(C1CCCCN1)N1CCN(CC2CC2)CC1. The molecule has 4 nitrogen and oxygen atoms in total. The quantitative estimate of drug-likeness (QED) is 0.855. The minimum atomic E-state index is 0. The van der Waals surface area contributed by atoms with Crippen molar-refractivity contribution in [2.45, 2.75) is 38.1 Å². The molecule has 2 heterocycles. The van der Waals surface area contributed by atoms with Gasteiger partial charge in [-0.25, -0.2) is 0 Å². The van der Waals surface area contributed by atoms with Crippen LogP contribution in [0.15, 0.2) is 0 Å². The molecule has 1 amide bonds. The summed E-state index contributed by atoms with van der Waals surface area (Å²) in [5.74, 6) is 1.31. The summed E-state index contributed by atoms with van der Waals surface area (Å²) in [4.78, 5) is 17.0. The third kappa shape index (κ3) is 4.76. The highest BCUT2D eigenvalue weighted by molar-refractivity contribution is 5.85. The van der Waals surface area contributed by atoms with Crippen LogP contribution in [0.5, 0.6) is 0 Å². The number of carbonyl (C=O) groups is 1. The van der Waals surface area contributed by atoms with Crippen LogP contribution < -0.4 is 5.32 Å². The first-order valence-electron chi connectivity index (χ1n) is 7.57. The van der Waals surface area contributed by atoms with Crippen molar-refractivity contribution in [3.05, 3.63) is 0 Å². The van der Waals surface area contributed by atoms with E-state index in [4.69, 9.17) is 0 Å². The molecule has 0 aromatic carbocycles. The maximum atomic E-state index is 12.3. The molecule has 3 rings (SSSR count). The predicted octanol–water partition coefficient (Wildman–Crippen LogP) is 1.53. The third-order valence-corrected chi connectivity index (χ3v) is 4.51. The molecule has 1 saturated carbocycles. The van der Waals surface area contributed by atoms with E-state index in [1.165, 1.54) is 32.2 Å². The van der Waals surface area contributed by atoms with Crippen molar-refractivity contribution in [1.29, 1.82) is 0 Å². The van der Waals surface area contributed by atoms with Gasteiger partial charge in [-0.15, -0.1) is 24.8 Å². The average Bonchev–Trinajstić information content (AvgIpc) is 3.24. The van der Waals surface area contributed by atoms with E-state index >= 15 is 0 Å². The highest BCUT2D eigenvalue weighted by Crippen LogP contribution is 2.29. The number of nitrogens with zero attached hydrogens (tertiary/aromatic N) is 2. The van der Waals surface area contributed by atoms with E-state index in [2.05, 4.69) is 15.1 Å². The Balaban J connectivity index is 0.000001000. The zero-order valence-electron chi connectivity index (χ0n) is 12.1. The van der Waals surface area contributed by atoms with Crippen LogP contribution in [0.2, 0.25) is 0 Å². The molecule has 0 radical (unpaired) electrons. The summed E-state index contributed by atoms with van der Waals surface area (Å²) in [6, 6.07) is 0.105. The van der Waals surface area contributed by atoms with Gasteiger partial charge in [0.2, 0.25) is 5.91 Å². The number of halogens is 2. The van der Waals surface area contributed by atoms with E-state index in [1.54, 1.807) is 0 Å². The number of nitrogens with one attached hydrogen (secondary N) is 1. The lowest BCUT2D eigenvalue weighted by atomic mass is 10.0. The van der Waals surface area contributed by atoms with Crippen LogP contribution in [0.3, 0.4) is 0 Å². The fourth-order valence-electron chi connectivity index (χ4n) is 3.10. The molecular weight excluding hydrogens is 297 g/mol. The van der Waals surface area contributed by atoms with Gasteiger partial charge in [-0.1, -0.05) is 6.42 Å². The van der Waals surface area contributed by atoms with E-state index in [0.717, 1.165) is 45.1 Å². The normalized spacial score (nSPS) is 27.4. The molecule has 3 fully saturated rings. The van der Waals surface area contributed by atoms with Crippen LogP contribution in [0, 0.1) is 5.92 Å². The van der Waals surface area contributed by atoms with Crippen LogP contribution in [0.4, 0.5) is 0 Å². The van der Waals surface area contributed by atoms with E-state index in [9.17, 15) is 4.79 Å². The Morgan fingerprint density at radius 2 is 1.70 bits per heavy atom. The number of piperidine rings is 1. The molecule has 0 bridgehead atoms. The van der Waals surface area contributed by atoms with Crippen molar-refractivity contribution >= 4 is 30.7 Å². The summed E-state index contributed by atoms with van der Waals surface area (Å²) in [5, 5.41) is 3.36. The minimum Gasteiger partial charge on any atom is -0.339 e. The largest absolute Gasteiger partial charge is 0.339 e. The Kier molecular flexibility index (Phi) is 7.59. The molecule has 118 valence electrons. The van der Waals surface area contributed by atoms with Gasteiger partial charge in [-0.2, -0.15) is 0 Å². The van der Waals surface area contributed by atoms with E-state index < -0.39 is 0 Å². The number of piperazine rings is 1. The van der Waals surface area contributed by atoms with Crippen LogP contribution >= 0.6 is 24.8 Å². The van der Waals surface area contributed by atoms with Gasteiger partial charge in [0.25, 0.3) is 0 Å². The maximum absolute atomic E-state index is 12.3. The van der Waals surface area contributed by atoms with Crippen LogP contribution in [0.25, 0.3) is 0 Å².